The maximum atomic E-state index is 5.15. The third-order valence-corrected chi connectivity index (χ3v) is 8.45. The minimum absolute atomic E-state index is 0.957. The second-order valence-electron chi connectivity index (χ2n) is 10.1. The van der Waals surface area contributed by atoms with Gasteiger partial charge in [0, 0.05) is 51.4 Å². The Hall–Kier alpha value is -4.90. The van der Waals surface area contributed by atoms with Gasteiger partial charge in [0.25, 0.3) is 5.82 Å². The first-order chi connectivity index (χ1) is 18.4. The summed E-state index contributed by atoms with van der Waals surface area (Å²) < 4.78 is 5.02. The van der Waals surface area contributed by atoms with Crippen LogP contribution in [-0.2, 0) is 0 Å². The first kappa shape index (κ1) is 19.3. The van der Waals surface area contributed by atoms with Crippen LogP contribution >= 0.6 is 0 Å². The van der Waals surface area contributed by atoms with E-state index in [4.69, 9.17) is 4.99 Å². The fraction of sp³-hybridized carbons (Fsp3) is 0. The predicted molar refractivity (Wildman–Crippen MR) is 152 cm³/mol. The largest absolute Gasteiger partial charge is 0.452 e. The number of amidine groups is 1. The minimum atomic E-state index is -1.71. The summed E-state index contributed by atoms with van der Waals surface area (Å²) in [7, 11) is 0. The molecule has 1 unspecified atom stereocenters. The number of benzene rings is 4. The summed E-state index contributed by atoms with van der Waals surface area (Å²) in [5.41, 5.74) is 6.19. The molecule has 0 spiro atoms. The van der Waals surface area contributed by atoms with Gasteiger partial charge in [0.15, 0.2) is 0 Å². The summed E-state index contributed by atoms with van der Waals surface area (Å²) in [6, 6.07) is 37.4. The highest BCUT2D eigenvalue weighted by Gasteiger charge is 2.54. The molecular weight excluding hydrogens is 451 g/mol. The molecule has 1 atom stereocenters. The number of aliphatic imine (C=N–C) groups is 1. The van der Waals surface area contributed by atoms with Gasteiger partial charge in [-0.15, -0.1) is 5.46 Å². The van der Waals surface area contributed by atoms with Crippen LogP contribution in [0.4, 0.5) is 5.82 Å². The predicted octanol–water partition coefficient (Wildman–Crippen LogP) is 5.75. The molecular formula is C32H21BN4. The highest BCUT2D eigenvalue weighted by Crippen LogP contribution is 2.46. The zero-order valence-corrected chi connectivity index (χ0v) is 20.0. The number of allylic oxidation sites excluding steroid dienone is 2. The Kier molecular flexibility index (Phi) is 3.47. The van der Waals surface area contributed by atoms with Crippen molar-refractivity contribution in [2.75, 3.05) is 0 Å². The average Bonchev–Trinajstić information content (AvgIpc) is 3.32. The van der Waals surface area contributed by atoms with Gasteiger partial charge < -0.3 is 13.8 Å². The van der Waals surface area contributed by atoms with Gasteiger partial charge in [0.1, 0.15) is 0 Å². The Morgan fingerprint density at radius 1 is 0.730 bits per heavy atom. The van der Waals surface area contributed by atoms with Crippen LogP contribution in [0.3, 0.4) is 0 Å². The van der Waals surface area contributed by atoms with Gasteiger partial charge in [0.2, 0.25) is 5.84 Å². The summed E-state index contributed by atoms with van der Waals surface area (Å²) >= 11 is 0. The maximum absolute atomic E-state index is 5.15. The Morgan fingerprint density at radius 3 is 2.51 bits per heavy atom. The molecule has 5 heterocycles. The molecule has 0 amide bonds. The molecule has 3 aliphatic heterocycles. The van der Waals surface area contributed by atoms with E-state index in [0.29, 0.717) is 0 Å². The van der Waals surface area contributed by atoms with Crippen molar-refractivity contribution in [3.63, 3.8) is 0 Å². The average molecular weight is 472 g/mol. The number of pyridine rings is 1. The van der Waals surface area contributed by atoms with Crippen LogP contribution < -0.4 is 9.94 Å². The molecule has 0 saturated heterocycles. The second kappa shape index (κ2) is 6.65. The summed E-state index contributed by atoms with van der Waals surface area (Å²) in [5, 5.41) is 5.15. The number of fused-ring (bicyclic) bond motifs is 9. The molecule has 0 aliphatic carbocycles. The molecule has 172 valence electrons. The van der Waals surface area contributed by atoms with Crippen molar-refractivity contribution in [1.82, 2.24) is 9.29 Å². The molecule has 4 nitrogen and oxygen atoms in total. The van der Waals surface area contributed by atoms with Crippen molar-refractivity contribution in [3.8, 4) is 0 Å². The lowest BCUT2D eigenvalue weighted by atomic mass is 9.47. The van der Waals surface area contributed by atoms with E-state index in [-0.39, 0.29) is 0 Å². The molecule has 9 rings (SSSR count). The zero-order valence-electron chi connectivity index (χ0n) is 20.0. The molecule has 37 heavy (non-hydrogen) atoms. The molecule has 3 aliphatic rings. The van der Waals surface area contributed by atoms with Crippen molar-refractivity contribution in [2.24, 2.45) is 4.99 Å². The van der Waals surface area contributed by atoms with Crippen molar-refractivity contribution in [2.45, 2.75) is 0 Å². The molecule has 0 saturated carbocycles. The zero-order chi connectivity index (χ0) is 24.1. The van der Waals surface area contributed by atoms with E-state index >= 15 is 0 Å². The Balaban J connectivity index is 1.62. The van der Waals surface area contributed by atoms with E-state index in [1.54, 1.807) is 0 Å². The maximum Gasteiger partial charge on any atom is 0.425 e. The van der Waals surface area contributed by atoms with Crippen LogP contribution in [0.5, 0.6) is 0 Å². The van der Waals surface area contributed by atoms with Crippen molar-refractivity contribution in [1.29, 1.82) is 0 Å². The quantitative estimate of drug-likeness (QED) is 0.280. The van der Waals surface area contributed by atoms with Gasteiger partial charge in [0.05, 0.1) is 0 Å². The molecule has 0 fully saturated rings. The van der Waals surface area contributed by atoms with E-state index < -0.39 is 6.55 Å². The summed E-state index contributed by atoms with van der Waals surface area (Å²) in [6.45, 7) is -1.71. The number of hydrogen-bond acceptors (Lipinski definition) is 2. The van der Waals surface area contributed by atoms with Crippen LogP contribution in [0, 0.1) is 0 Å². The molecule has 0 bridgehead atoms. The van der Waals surface area contributed by atoms with E-state index in [1.807, 2.05) is 0 Å². The standard InChI is InChI=1S/C32H21BN4/c1-2-11-23(12-3-1)33-35-21-7-6-17-29(35)34-30-18-9-16-27(36(30)33)25-14-8-15-26-31-24-13-5-4-10-22(24)19-20-28(31)37(33)32(25)26/h1-21H. The lowest BCUT2D eigenvalue weighted by Gasteiger charge is -2.55. The first-order valence-corrected chi connectivity index (χ1v) is 12.8. The summed E-state index contributed by atoms with van der Waals surface area (Å²) in [6.07, 6.45) is 8.74. The van der Waals surface area contributed by atoms with Crippen molar-refractivity contribution < 1.29 is 4.48 Å². The summed E-state index contributed by atoms with van der Waals surface area (Å²) in [4.78, 5) is 7.64. The number of rotatable bonds is 1. The third-order valence-electron chi connectivity index (χ3n) is 8.45. The lowest BCUT2D eigenvalue weighted by molar-refractivity contribution is -0.540. The highest BCUT2D eigenvalue weighted by atomic mass is 15.4. The third kappa shape index (κ3) is 2.17. The van der Waals surface area contributed by atoms with Crippen LogP contribution in [0.1, 0.15) is 5.56 Å². The molecule has 0 radical (unpaired) electrons. The van der Waals surface area contributed by atoms with Crippen LogP contribution in [0.25, 0.3) is 38.3 Å². The SMILES string of the molecule is C1=CC2=Nc3cccc[n+]3[B-]3(c4ccccc4)N2C(=C1)c1cccc2c4c5ccccc5ccc4n3c12. The molecule has 4 aromatic carbocycles. The minimum Gasteiger partial charge on any atom is -0.452 e. The highest BCUT2D eigenvalue weighted by molar-refractivity contribution is 6.86. The topological polar surface area (TPSA) is 24.4 Å². The number of aromatic nitrogens is 2. The fourth-order valence-electron chi connectivity index (χ4n) is 7.15. The number of nitrogens with zero attached hydrogens (tertiary/aromatic N) is 4. The van der Waals surface area contributed by atoms with Gasteiger partial charge in [-0.2, -0.15) is 0 Å². The summed E-state index contributed by atoms with van der Waals surface area (Å²) in [5.74, 6) is 1.93. The smallest absolute Gasteiger partial charge is 0.425 e. The lowest BCUT2D eigenvalue weighted by Crippen LogP contribution is -2.86. The van der Waals surface area contributed by atoms with Crippen molar-refractivity contribution >= 4 is 61.9 Å². The second-order valence-corrected chi connectivity index (χ2v) is 10.1. The van der Waals surface area contributed by atoms with E-state index in [1.165, 1.54) is 49.3 Å². The van der Waals surface area contributed by atoms with E-state index in [9.17, 15) is 0 Å². The molecule has 2 aromatic heterocycles. The van der Waals surface area contributed by atoms with Crippen LogP contribution in [0.15, 0.2) is 133 Å². The number of para-hydroxylation sites is 1. The molecule has 5 heteroatoms. The van der Waals surface area contributed by atoms with Gasteiger partial charge in [-0.05, 0) is 34.0 Å². The van der Waals surface area contributed by atoms with Crippen LogP contribution in [0.2, 0.25) is 0 Å². The van der Waals surface area contributed by atoms with Crippen molar-refractivity contribution in [3.05, 3.63) is 133 Å². The van der Waals surface area contributed by atoms with E-state index in [2.05, 4.69) is 141 Å². The van der Waals surface area contributed by atoms with E-state index in [0.717, 1.165) is 11.7 Å². The first-order valence-electron chi connectivity index (χ1n) is 12.8. The molecule has 6 aromatic rings. The van der Waals surface area contributed by atoms with Gasteiger partial charge in [-0.25, -0.2) is 0 Å². The molecule has 0 N–H and O–H groups in total. The van der Waals surface area contributed by atoms with Gasteiger partial charge >= 0.3 is 6.55 Å². The Bertz CT molecular complexity index is 2050. The monoisotopic (exact) mass is 472 g/mol. The van der Waals surface area contributed by atoms with Gasteiger partial charge in [-0.1, -0.05) is 91.0 Å². The Morgan fingerprint density at radius 2 is 1.57 bits per heavy atom. The Labute approximate surface area is 213 Å². The van der Waals surface area contributed by atoms with Gasteiger partial charge in [-0.3, -0.25) is 0 Å². The number of hydrogen-bond donors (Lipinski definition) is 0. The normalized spacial score (nSPS) is 19.1. The fourth-order valence-corrected chi connectivity index (χ4v) is 7.15. The van der Waals surface area contributed by atoms with Crippen LogP contribution in [-0.4, -0.2) is 21.7 Å².